The number of nitrogens with zero attached hydrogens (tertiary/aromatic N) is 4. The highest BCUT2D eigenvalue weighted by atomic mass is 19.4. The topological polar surface area (TPSA) is 63.1 Å². The molecule has 2 heterocycles. The van der Waals surface area contributed by atoms with Crippen LogP contribution in [0.3, 0.4) is 0 Å². The van der Waals surface area contributed by atoms with Crippen molar-refractivity contribution in [2.75, 3.05) is 13.1 Å². The summed E-state index contributed by atoms with van der Waals surface area (Å²) in [4.78, 5) is 13.9. The van der Waals surface area contributed by atoms with E-state index in [-0.39, 0.29) is 31.8 Å². The summed E-state index contributed by atoms with van der Waals surface area (Å²) < 4.78 is 40.4. The third kappa shape index (κ3) is 4.06. The normalized spacial score (nSPS) is 19.0. The molecule has 0 fully saturated rings. The Bertz CT molecular complexity index is 568. The Morgan fingerprint density at radius 2 is 2.04 bits per heavy atom. The number of likely N-dealkylation sites (N-methyl/N-ethyl adjacent to an activating group) is 1. The van der Waals surface area contributed by atoms with Crippen LogP contribution in [0.1, 0.15) is 38.8 Å². The van der Waals surface area contributed by atoms with Gasteiger partial charge in [-0.1, -0.05) is 0 Å². The first-order chi connectivity index (χ1) is 11.3. The summed E-state index contributed by atoms with van der Waals surface area (Å²) in [6, 6.07) is -0.431. The molecule has 0 aliphatic carbocycles. The molecule has 1 aliphatic heterocycles. The van der Waals surface area contributed by atoms with E-state index < -0.39 is 18.1 Å². The number of amides is 1. The van der Waals surface area contributed by atoms with Crippen molar-refractivity contribution in [3.05, 3.63) is 11.6 Å². The maximum atomic E-state index is 12.9. The lowest BCUT2D eigenvalue weighted by atomic mass is 9.99. The third-order valence-electron chi connectivity index (χ3n) is 4.50. The summed E-state index contributed by atoms with van der Waals surface area (Å²) in [5, 5.41) is 11.0. The number of alkyl halides is 3. The molecule has 2 atom stereocenters. The van der Waals surface area contributed by atoms with Gasteiger partial charge in [0.15, 0.2) is 0 Å². The van der Waals surface area contributed by atoms with Gasteiger partial charge in [0, 0.05) is 26.1 Å². The van der Waals surface area contributed by atoms with Gasteiger partial charge in [0.05, 0.1) is 18.5 Å². The van der Waals surface area contributed by atoms with Crippen LogP contribution in [0, 0.1) is 5.92 Å². The van der Waals surface area contributed by atoms with Crippen molar-refractivity contribution in [2.24, 2.45) is 5.92 Å². The van der Waals surface area contributed by atoms with Crippen LogP contribution in [0.15, 0.2) is 0 Å². The van der Waals surface area contributed by atoms with Crippen LogP contribution in [-0.4, -0.2) is 50.9 Å². The molecule has 6 nitrogen and oxygen atoms in total. The van der Waals surface area contributed by atoms with Crippen molar-refractivity contribution < 1.29 is 18.0 Å². The first-order valence-corrected chi connectivity index (χ1v) is 8.27. The smallest absolute Gasteiger partial charge is 0.342 e. The lowest BCUT2D eigenvalue weighted by Gasteiger charge is -2.27. The fourth-order valence-corrected chi connectivity index (χ4v) is 2.92. The highest BCUT2D eigenvalue weighted by Gasteiger charge is 2.42. The second-order valence-corrected chi connectivity index (χ2v) is 6.03. The van der Waals surface area contributed by atoms with Crippen LogP contribution in [-0.2, 0) is 24.3 Å². The highest BCUT2D eigenvalue weighted by molar-refractivity contribution is 5.81. The van der Waals surface area contributed by atoms with Crippen LogP contribution in [0.4, 0.5) is 13.2 Å². The number of aromatic nitrogens is 3. The van der Waals surface area contributed by atoms with E-state index >= 15 is 0 Å². The fourth-order valence-electron chi connectivity index (χ4n) is 2.92. The lowest BCUT2D eigenvalue weighted by molar-refractivity contribution is -0.182. The molecule has 0 bridgehead atoms. The largest absolute Gasteiger partial charge is 0.393 e. The molecule has 1 aliphatic rings. The summed E-state index contributed by atoms with van der Waals surface area (Å²) in [6.07, 6.45) is -3.89. The van der Waals surface area contributed by atoms with Crippen LogP contribution in [0.25, 0.3) is 0 Å². The molecule has 1 N–H and O–H groups in total. The van der Waals surface area contributed by atoms with E-state index in [9.17, 15) is 18.0 Å². The van der Waals surface area contributed by atoms with E-state index in [1.807, 2.05) is 13.8 Å². The van der Waals surface area contributed by atoms with Crippen LogP contribution in [0.5, 0.6) is 0 Å². The number of rotatable bonds is 6. The Labute approximate surface area is 139 Å². The van der Waals surface area contributed by atoms with Crippen molar-refractivity contribution in [3.8, 4) is 0 Å². The molecule has 0 radical (unpaired) electrons. The number of carbonyl (C=O) groups excluding carboxylic acids is 1. The Morgan fingerprint density at radius 1 is 1.38 bits per heavy atom. The standard InChI is InChI=1S/C15H24F3N5O/c1-4-22(5-2)14(24)10(3)19-8-13-21-20-12-7-6-11(9-23(12)13)15(16,17)18/h10-11,19H,4-9H2,1-3H3/t10-,11-/m1/s1. The van der Waals surface area contributed by atoms with Gasteiger partial charge in [0.2, 0.25) is 5.91 Å². The van der Waals surface area contributed by atoms with Crippen molar-refractivity contribution in [1.82, 2.24) is 25.0 Å². The maximum absolute atomic E-state index is 12.9. The lowest BCUT2D eigenvalue weighted by Crippen LogP contribution is -2.44. The number of aryl methyl sites for hydroxylation is 1. The zero-order chi connectivity index (χ0) is 17.9. The summed E-state index contributed by atoms with van der Waals surface area (Å²) in [5.74, 6) is -0.380. The van der Waals surface area contributed by atoms with E-state index in [1.54, 1.807) is 11.8 Å². The minimum absolute atomic E-state index is 0.0356. The van der Waals surface area contributed by atoms with Crippen molar-refractivity contribution >= 4 is 5.91 Å². The molecular formula is C15H24F3N5O. The molecule has 0 saturated heterocycles. The van der Waals surface area contributed by atoms with E-state index in [0.717, 1.165) is 0 Å². The number of hydrogen-bond acceptors (Lipinski definition) is 4. The molecule has 24 heavy (non-hydrogen) atoms. The van der Waals surface area contributed by atoms with Crippen LogP contribution >= 0.6 is 0 Å². The zero-order valence-electron chi connectivity index (χ0n) is 14.2. The minimum Gasteiger partial charge on any atom is -0.342 e. The quantitative estimate of drug-likeness (QED) is 0.852. The summed E-state index contributed by atoms with van der Waals surface area (Å²) in [5.41, 5.74) is 0. The van der Waals surface area contributed by atoms with Gasteiger partial charge in [0.25, 0.3) is 0 Å². The summed E-state index contributed by atoms with van der Waals surface area (Å²) in [6.45, 7) is 6.85. The zero-order valence-corrected chi connectivity index (χ0v) is 14.2. The molecule has 0 saturated carbocycles. The number of fused-ring (bicyclic) bond motifs is 1. The van der Waals surface area contributed by atoms with Gasteiger partial charge in [-0.2, -0.15) is 13.2 Å². The number of carbonyl (C=O) groups is 1. The van der Waals surface area contributed by atoms with Gasteiger partial charge < -0.3 is 9.47 Å². The number of nitrogens with one attached hydrogen (secondary N) is 1. The molecular weight excluding hydrogens is 323 g/mol. The van der Waals surface area contributed by atoms with Gasteiger partial charge in [0.1, 0.15) is 11.6 Å². The molecule has 136 valence electrons. The van der Waals surface area contributed by atoms with Crippen molar-refractivity contribution in [2.45, 2.75) is 58.9 Å². The van der Waals surface area contributed by atoms with E-state index in [1.165, 1.54) is 4.57 Å². The Kier molecular flexibility index (Phi) is 5.84. The first-order valence-electron chi connectivity index (χ1n) is 8.27. The molecule has 2 rings (SSSR count). The molecule has 0 spiro atoms. The second-order valence-electron chi connectivity index (χ2n) is 6.03. The summed E-state index contributed by atoms with van der Waals surface area (Å²) >= 11 is 0. The van der Waals surface area contributed by atoms with Gasteiger partial charge in [-0.15, -0.1) is 10.2 Å². The third-order valence-corrected chi connectivity index (χ3v) is 4.50. The van der Waals surface area contributed by atoms with Gasteiger partial charge in [-0.3, -0.25) is 10.1 Å². The summed E-state index contributed by atoms with van der Waals surface area (Å²) in [7, 11) is 0. The Balaban J connectivity index is 2.00. The number of hydrogen-bond donors (Lipinski definition) is 1. The van der Waals surface area contributed by atoms with Crippen LogP contribution in [0.2, 0.25) is 0 Å². The molecule has 0 unspecified atom stereocenters. The highest BCUT2D eigenvalue weighted by Crippen LogP contribution is 2.34. The Hall–Kier alpha value is -1.64. The molecule has 1 aromatic rings. The maximum Gasteiger partial charge on any atom is 0.393 e. The van der Waals surface area contributed by atoms with Gasteiger partial charge in [-0.25, -0.2) is 0 Å². The fraction of sp³-hybridized carbons (Fsp3) is 0.800. The minimum atomic E-state index is -4.21. The average Bonchev–Trinajstić information content (AvgIpc) is 2.95. The number of halogens is 3. The van der Waals surface area contributed by atoms with Gasteiger partial charge >= 0.3 is 6.18 Å². The van der Waals surface area contributed by atoms with Gasteiger partial charge in [-0.05, 0) is 27.2 Å². The predicted molar refractivity (Wildman–Crippen MR) is 82.1 cm³/mol. The molecule has 9 heteroatoms. The van der Waals surface area contributed by atoms with E-state index in [2.05, 4.69) is 15.5 Å². The van der Waals surface area contributed by atoms with Crippen molar-refractivity contribution in [3.63, 3.8) is 0 Å². The van der Waals surface area contributed by atoms with Crippen molar-refractivity contribution in [1.29, 1.82) is 0 Å². The SMILES string of the molecule is CCN(CC)C(=O)[C@@H](C)NCc1nnc2n1C[C@H](C(F)(F)F)CC2. The molecule has 0 aromatic carbocycles. The predicted octanol–water partition coefficient (Wildman–Crippen LogP) is 1.75. The average molecular weight is 347 g/mol. The van der Waals surface area contributed by atoms with Crippen LogP contribution < -0.4 is 5.32 Å². The van der Waals surface area contributed by atoms with E-state index in [4.69, 9.17) is 0 Å². The second kappa shape index (κ2) is 7.50. The Morgan fingerprint density at radius 3 is 2.62 bits per heavy atom. The first kappa shape index (κ1) is 18.7. The molecule has 1 aromatic heterocycles. The van der Waals surface area contributed by atoms with E-state index in [0.29, 0.717) is 24.7 Å². The molecule has 1 amide bonds. The monoisotopic (exact) mass is 347 g/mol.